The van der Waals surface area contributed by atoms with Crippen LogP contribution in [0.2, 0.25) is 0 Å². The van der Waals surface area contributed by atoms with Crippen molar-refractivity contribution in [1.82, 2.24) is 10.2 Å². The van der Waals surface area contributed by atoms with Crippen LogP contribution in [0.25, 0.3) is 0 Å². The SMILES string of the molecule is CCC(C)CC(CC)NCC(C)CN1CCCC1. The van der Waals surface area contributed by atoms with E-state index in [1.165, 1.54) is 58.3 Å². The molecule has 108 valence electrons. The van der Waals surface area contributed by atoms with Gasteiger partial charge < -0.3 is 10.2 Å². The van der Waals surface area contributed by atoms with Gasteiger partial charge in [-0.3, -0.25) is 0 Å². The van der Waals surface area contributed by atoms with E-state index in [-0.39, 0.29) is 0 Å². The highest BCUT2D eigenvalue weighted by molar-refractivity contribution is 4.73. The maximum atomic E-state index is 3.78. The van der Waals surface area contributed by atoms with E-state index in [1.807, 2.05) is 0 Å². The van der Waals surface area contributed by atoms with Crippen LogP contribution in [0.3, 0.4) is 0 Å². The van der Waals surface area contributed by atoms with Crippen LogP contribution in [0.4, 0.5) is 0 Å². The third kappa shape index (κ3) is 6.19. The molecule has 1 rings (SSSR count). The third-order valence-corrected chi connectivity index (χ3v) is 4.40. The minimum atomic E-state index is 0.723. The quantitative estimate of drug-likeness (QED) is 0.677. The number of hydrogen-bond donors (Lipinski definition) is 1. The van der Waals surface area contributed by atoms with Crippen molar-refractivity contribution < 1.29 is 0 Å². The second-order valence-corrected chi connectivity index (χ2v) is 6.38. The Labute approximate surface area is 115 Å². The van der Waals surface area contributed by atoms with Gasteiger partial charge in [0.2, 0.25) is 0 Å². The van der Waals surface area contributed by atoms with Gasteiger partial charge in [-0.05, 0) is 57.2 Å². The van der Waals surface area contributed by atoms with Gasteiger partial charge >= 0.3 is 0 Å². The molecule has 0 amide bonds. The number of rotatable bonds is 9. The number of nitrogens with zero attached hydrogens (tertiary/aromatic N) is 1. The first-order chi connectivity index (χ1) is 8.65. The zero-order valence-electron chi connectivity index (χ0n) is 13.0. The van der Waals surface area contributed by atoms with E-state index in [0.717, 1.165) is 17.9 Å². The molecule has 1 fully saturated rings. The van der Waals surface area contributed by atoms with E-state index >= 15 is 0 Å². The molecule has 0 aromatic rings. The lowest BCUT2D eigenvalue weighted by molar-refractivity contribution is 0.271. The number of likely N-dealkylation sites (tertiary alicyclic amines) is 1. The molecule has 0 aromatic carbocycles. The van der Waals surface area contributed by atoms with Crippen LogP contribution in [0.15, 0.2) is 0 Å². The van der Waals surface area contributed by atoms with E-state index in [4.69, 9.17) is 0 Å². The zero-order valence-corrected chi connectivity index (χ0v) is 13.0. The number of nitrogens with one attached hydrogen (secondary N) is 1. The van der Waals surface area contributed by atoms with E-state index in [9.17, 15) is 0 Å². The molecule has 1 N–H and O–H groups in total. The van der Waals surface area contributed by atoms with Crippen LogP contribution in [0, 0.1) is 11.8 Å². The molecule has 0 bridgehead atoms. The first-order valence-corrected chi connectivity index (χ1v) is 8.11. The van der Waals surface area contributed by atoms with Gasteiger partial charge in [0, 0.05) is 12.6 Å². The summed E-state index contributed by atoms with van der Waals surface area (Å²) >= 11 is 0. The fourth-order valence-electron chi connectivity index (χ4n) is 2.89. The van der Waals surface area contributed by atoms with Crippen LogP contribution < -0.4 is 5.32 Å². The normalized spacial score (nSPS) is 22.0. The largest absolute Gasteiger partial charge is 0.314 e. The molecule has 1 saturated heterocycles. The summed E-state index contributed by atoms with van der Waals surface area (Å²) in [6, 6.07) is 0.723. The Morgan fingerprint density at radius 1 is 1.00 bits per heavy atom. The lowest BCUT2D eigenvalue weighted by Gasteiger charge is -2.25. The fraction of sp³-hybridized carbons (Fsp3) is 1.00. The predicted octanol–water partition coefficient (Wildman–Crippen LogP) is 3.52. The molecule has 0 saturated carbocycles. The molecule has 0 radical (unpaired) electrons. The van der Waals surface area contributed by atoms with E-state index in [1.54, 1.807) is 0 Å². The minimum absolute atomic E-state index is 0.723. The summed E-state index contributed by atoms with van der Waals surface area (Å²) in [7, 11) is 0. The van der Waals surface area contributed by atoms with Gasteiger partial charge in [0.25, 0.3) is 0 Å². The fourth-order valence-corrected chi connectivity index (χ4v) is 2.89. The summed E-state index contributed by atoms with van der Waals surface area (Å²) in [6.45, 7) is 14.5. The molecule has 0 aromatic heterocycles. The van der Waals surface area contributed by atoms with Crippen LogP contribution in [0.5, 0.6) is 0 Å². The van der Waals surface area contributed by atoms with Crippen LogP contribution in [-0.2, 0) is 0 Å². The molecular formula is C16H34N2. The second-order valence-electron chi connectivity index (χ2n) is 6.38. The highest BCUT2D eigenvalue weighted by Gasteiger charge is 2.16. The van der Waals surface area contributed by atoms with Gasteiger partial charge in [0.05, 0.1) is 0 Å². The van der Waals surface area contributed by atoms with E-state index in [2.05, 4.69) is 37.9 Å². The topological polar surface area (TPSA) is 15.3 Å². The van der Waals surface area contributed by atoms with Gasteiger partial charge in [-0.25, -0.2) is 0 Å². The Balaban J connectivity index is 2.15. The zero-order chi connectivity index (χ0) is 13.4. The first-order valence-electron chi connectivity index (χ1n) is 8.11. The molecular weight excluding hydrogens is 220 g/mol. The van der Waals surface area contributed by atoms with Crippen molar-refractivity contribution in [1.29, 1.82) is 0 Å². The smallest absolute Gasteiger partial charge is 0.00670 e. The van der Waals surface area contributed by atoms with Crippen LogP contribution in [-0.4, -0.2) is 37.1 Å². The van der Waals surface area contributed by atoms with Gasteiger partial charge in [0.15, 0.2) is 0 Å². The average Bonchev–Trinajstić information content (AvgIpc) is 2.86. The lowest BCUT2D eigenvalue weighted by atomic mass is 9.97. The van der Waals surface area contributed by atoms with Crippen molar-refractivity contribution in [2.75, 3.05) is 26.2 Å². The lowest BCUT2D eigenvalue weighted by Crippen LogP contribution is -2.37. The van der Waals surface area contributed by atoms with Crippen LogP contribution in [0.1, 0.15) is 59.8 Å². The van der Waals surface area contributed by atoms with Crippen molar-refractivity contribution in [3.05, 3.63) is 0 Å². The molecule has 2 nitrogen and oxygen atoms in total. The van der Waals surface area contributed by atoms with Crippen molar-refractivity contribution >= 4 is 0 Å². The van der Waals surface area contributed by atoms with Gasteiger partial charge in [-0.1, -0.05) is 34.1 Å². The summed E-state index contributed by atoms with van der Waals surface area (Å²) in [6.07, 6.45) is 6.73. The monoisotopic (exact) mass is 254 g/mol. The molecule has 1 heterocycles. The summed E-state index contributed by atoms with van der Waals surface area (Å²) < 4.78 is 0. The highest BCUT2D eigenvalue weighted by atomic mass is 15.1. The van der Waals surface area contributed by atoms with Crippen molar-refractivity contribution in [3.63, 3.8) is 0 Å². The van der Waals surface area contributed by atoms with Gasteiger partial charge in [-0.2, -0.15) is 0 Å². The summed E-state index contributed by atoms with van der Waals surface area (Å²) in [4.78, 5) is 2.63. The van der Waals surface area contributed by atoms with Crippen molar-refractivity contribution in [3.8, 4) is 0 Å². The van der Waals surface area contributed by atoms with Gasteiger partial charge in [-0.15, -0.1) is 0 Å². The molecule has 3 unspecified atom stereocenters. The van der Waals surface area contributed by atoms with Crippen LogP contribution >= 0.6 is 0 Å². The van der Waals surface area contributed by atoms with Gasteiger partial charge in [0.1, 0.15) is 0 Å². The Morgan fingerprint density at radius 2 is 1.67 bits per heavy atom. The van der Waals surface area contributed by atoms with E-state index in [0.29, 0.717) is 0 Å². The average molecular weight is 254 g/mol. The molecule has 1 aliphatic rings. The standard InChI is InChI=1S/C16H34N2/c1-5-14(3)11-16(6-2)17-12-15(4)13-18-9-7-8-10-18/h14-17H,5-13H2,1-4H3. The third-order valence-electron chi connectivity index (χ3n) is 4.40. The predicted molar refractivity (Wildman–Crippen MR) is 81.0 cm³/mol. The summed E-state index contributed by atoms with van der Waals surface area (Å²) in [5, 5.41) is 3.78. The van der Waals surface area contributed by atoms with E-state index < -0.39 is 0 Å². The molecule has 1 aliphatic heterocycles. The summed E-state index contributed by atoms with van der Waals surface area (Å²) in [5.41, 5.74) is 0. The Kier molecular flexibility index (Phi) is 7.92. The molecule has 18 heavy (non-hydrogen) atoms. The molecule has 0 aliphatic carbocycles. The second kappa shape index (κ2) is 8.92. The first kappa shape index (κ1) is 16.0. The Morgan fingerprint density at radius 3 is 2.22 bits per heavy atom. The van der Waals surface area contributed by atoms with Crippen molar-refractivity contribution in [2.24, 2.45) is 11.8 Å². The maximum Gasteiger partial charge on any atom is 0.00670 e. The Bertz CT molecular complexity index is 199. The molecule has 3 atom stereocenters. The van der Waals surface area contributed by atoms with Crippen molar-refractivity contribution in [2.45, 2.75) is 65.8 Å². The molecule has 2 heteroatoms. The number of hydrogen-bond acceptors (Lipinski definition) is 2. The maximum absolute atomic E-state index is 3.78. The highest BCUT2D eigenvalue weighted by Crippen LogP contribution is 2.13. The Hall–Kier alpha value is -0.0800. The summed E-state index contributed by atoms with van der Waals surface area (Å²) in [5.74, 6) is 1.64. The molecule has 0 spiro atoms. The minimum Gasteiger partial charge on any atom is -0.314 e.